The summed E-state index contributed by atoms with van der Waals surface area (Å²) in [7, 11) is 0. The largest absolute Gasteiger partial charge is 0.457 e. The van der Waals surface area contributed by atoms with Crippen LogP contribution >= 0.6 is 35.4 Å². The zero-order chi connectivity index (χ0) is 25.9. The molecular weight excluding hydrogens is 529 g/mol. The maximum absolute atomic E-state index is 12.4. The Bertz CT molecular complexity index is 1660. The van der Waals surface area contributed by atoms with Gasteiger partial charge >= 0.3 is 0 Å². The first-order valence-corrected chi connectivity index (χ1v) is 12.3. The number of hydrogen-bond donors (Lipinski definition) is 2. The van der Waals surface area contributed by atoms with E-state index in [1.54, 1.807) is 35.1 Å². The lowest BCUT2D eigenvalue weighted by molar-refractivity contribution is -0.115. The molecule has 0 radical (unpaired) electrons. The van der Waals surface area contributed by atoms with Crippen molar-refractivity contribution in [1.29, 1.82) is 0 Å². The Morgan fingerprint density at radius 2 is 1.78 bits per heavy atom. The highest BCUT2D eigenvalue weighted by Crippen LogP contribution is 2.34. The number of anilines is 1. The average molecular weight is 548 g/mol. The third-order valence-electron chi connectivity index (χ3n) is 5.38. The van der Waals surface area contributed by atoms with Crippen LogP contribution in [-0.2, 0) is 4.79 Å². The van der Waals surface area contributed by atoms with Gasteiger partial charge in [-0.3, -0.25) is 10.1 Å². The smallest absolute Gasteiger partial charge is 0.250 e. The van der Waals surface area contributed by atoms with Crippen LogP contribution in [0.25, 0.3) is 34.1 Å². The average Bonchev–Trinajstić information content (AvgIpc) is 3.52. The molecule has 0 aliphatic heterocycles. The van der Waals surface area contributed by atoms with E-state index in [0.717, 1.165) is 16.8 Å². The van der Waals surface area contributed by atoms with Crippen molar-refractivity contribution in [2.75, 3.05) is 5.32 Å². The van der Waals surface area contributed by atoms with E-state index in [9.17, 15) is 4.79 Å². The molecule has 7 nitrogen and oxygen atoms in total. The van der Waals surface area contributed by atoms with Crippen LogP contribution in [0.1, 0.15) is 11.3 Å². The summed E-state index contributed by atoms with van der Waals surface area (Å²) in [6.07, 6.45) is 2.86. The normalized spacial score (nSPS) is 11.2. The highest BCUT2D eigenvalue weighted by molar-refractivity contribution is 7.80. The lowest BCUT2D eigenvalue weighted by atomic mass is 10.2. The lowest BCUT2D eigenvalue weighted by Gasteiger charge is -2.07. The number of nitrogens with zero attached hydrogens (tertiary/aromatic N) is 3. The van der Waals surface area contributed by atoms with Gasteiger partial charge in [-0.15, -0.1) is 10.2 Å². The number of amides is 1. The van der Waals surface area contributed by atoms with E-state index in [1.807, 2.05) is 49.4 Å². The number of hydrogen-bond acceptors (Lipinski definition) is 5. The van der Waals surface area contributed by atoms with Crippen molar-refractivity contribution in [1.82, 2.24) is 20.3 Å². The number of halogens is 2. The fourth-order valence-electron chi connectivity index (χ4n) is 3.54. The SMILES string of the molecule is Cc1ccc(-n2nc3ccc(NC(=S)NC(=O)C=Cc4ccc(-c5cccc(Cl)c5Cl)o4)cc3n2)cc1. The molecule has 184 valence electrons. The molecule has 10 heteroatoms. The fraction of sp³-hybridized carbons (Fsp3) is 0.0370. The lowest BCUT2D eigenvalue weighted by Crippen LogP contribution is -2.32. The number of carbonyl (C=O) groups excluding carboxylic acids is 1. The molecule has 0 fully saturated rings. The van der Waals surface area contributed by atoms with Gasteiger partial charge in [-0.2, -0.15) is 4.80 Å². The summed E-state index contributed by atoms with van der Waals surface area (Å²) >= 11 is 17.6. The summed E-state index contributed by atoms with van der Waals surface area (Å²) in [5, 5.41) is 15.6. The predicted molar refractivity (Wildman–Crippen MR) is 151 cm³/mol. The molecule has 0 saturated carbocycles. The van der Waals surface area contributed by atoms with Crippen molar-refractivity contribution in [3.63, 3.8) is 0 Å². The number of aryl methyl sites for hydroxylation is 1. The maximum atomic E-state index is 12.4. The van der Waals surface area contributed by atoms with E-state index < -0.39 is 5.91 Å². The summed E-state index contributed by atoms with van der Waals surface area (Å²) in [5.41, 5.74) is 4.79. The monoisotopic (exact) mass is 547 g/mol. The minimum absolute atomic E-state index is 0.144. The summed E-state index contributed by atoms with van der Waals surface area (Å²) in [6.45, 7) is 2.03. The molecule has 2 aromatic heterocycles. The highest BCUT2D eigenvalue weighted by atomic mass is 35.5. The van der Waals surface area contributed by atoms with Crippen LogP contribution in [0.2, 0.25) is 10.0 Å². The molecule has 2 N–H and O–H groups in total. The molecule has 0 unspecified atom stereocenters. The van der Waals surface area contributed by atoms with Gasteiger partial charge in [0.2, 0.25) is 5.91 Å². The van der Waals surface area contributed by atoms with Crippen molar-refractivity contribution >= 4 is 69.2 Å². The Labute approximate surface area is 227 Å². The molecule has 3 aromatic carbocycles. The van der Waals surface area contributed by atoms with Crippen LogP contribution in [0.5, 0.6) is 0 Å². The summed E-state index contributed by atoms with van der Waals surface area (Å²) < 4.78 is 5.76. The van der Waals surface area contributed by atoms with Crippen LogP contribution in [0, 0.1) is 6.92 Å². The number of benzene rings is 3. The van der Waals surface area contributed by atoms with Gasteiger partial charge in [0.15, 0.2) is 5.11 Å². The predicted octanol–water partition coefficient (Wildman–Crippen LogP) is 6.82. The van der Waals surface area contributed by atoms with Crippen molar-refractivity contribution < 1.29 is 9.21 Å². The van der Waals surface area contributed by atoms with Gasteiger partial charge in [0, 0.05) is 17.3 Å². The Kier molecular flexibility index (Phi) is 7.05. The second-order valence-corrected chi connectivity index (χ2v) is 9.30. The van der Waals surface area contributed by atoms with Crippen LogP contribution in [0.4, 0.5) is 5.69 Å². The molecule has 0 aliphatic carbocycles. The maximum Gasteiger partial charge on any atom is 0.250 e. The molecule has 1 amide bonds. The van der Waals surface area contributed by atoms with Crippen molar-refractivity contribution in [3.8, 4) is 17.0 Å². The summed E-state index contributed by atoms with van der Waals surface area (Å²) in [4.78, 5) is 13.9. The number of fused-ring (bicyclic) bond motifs is 1. The number of aromatic nitrogens is 3. The third kappa shape index (κ3) is 5.72. The first-order valence-electron chi connectivity index (χ1n) is 11.1. The molecular formula is C27H19Cl2N5O2S. The van der Waals surface area contributed by atoms with E-state index in [2.05, 4.69) is 20.8 Å². The van der Waals surface area contributed by atoms with Gasteiger partial charge in [-0.05, 0) is 79.8 Å². The molecule has 5 aromatic rings. The molecule has 0 saturated heterocycles. The van der Waals surface area contributed by atoms with Gasteiger partial charge in [-0.1, -0.05) is 47.0 Å². The first kappa shape index (κ1) is 24.7. The Balaban J connectivity index is 1.21. The van der Waals surface area contributed by atoms with Gasteiger partial charge in [0.1, 0.15) is 22.6 Å². The Morgan fingerprint density at radius 1 is 1.00 bits per heavy atom. The first-order chi connectivity index (χ1) is 17.9. The second-order valence-electron chi connectivity index (χ2n) is 8.11. The highest BCUT2D eigenvalue weighted by Gasteiger charge is 2.11. The van der Waals surface area contributed by atoms with E-state index in [0.29, 0.717) is 38.3 Å². The molecule has 0 bridgehead atoms. The molecule has 0 spiro atoms. The standard InChI is InChI=1S/C27H19Cl2N5O2S/c1-16-5-8-18(9-6-16)34-32-22-12-7-17(15-23(22)33-34)30-27(37)31-25(35)14-11-19-10-13-24(36-19)20-3-2-4-21(28)26(20)29/h2-15H,1H3,(H2,30,31,35,37). The fourth-order valence-corrected chi connectivity index (χ4v) is 4.15. The van der Waals surface area contributed by atoms with Gasteiger partial charge in [-0.25, -0.2) is 0 Å². The van der Waals surface area contributed by atoms with E-state index in [-0.39, 0.29) is 5.11 Å². The van der Waals surface area contributed by atoms with Gasteiger partial charge < -0.3 is 9.73 Å². The zero-order valence-electron chi connectivity index (χ0n) is 19.4. The van der Waals surface area contributed by atoms with Crippen LogP contribution in [0.3, 0.4) is 0 Å². The van der Waals surface area contributed by atoms with Crippen LogP contribution in [-0.4, -0.2) is 26.0 Å². The molecule has 37 heavy (non-hydrogen) atoms. The van der Waals surface area contributed by atoms with Crippen LogP contribution < -0.4 is 10.6 Å². The Morgan fingerprint density at radius 3 is 2.59 bits per heavy atom. The summed E-state index contributed by atoms with van der Waals surface area (Å²) in [6, 6.07) is 22.2. The van der Waals surface area contributed by atoms with Crippen molar-refractivity contribution in [2.45, 2.75) is 6.92 Å². The minimum Gasteiger partial charge on any atom is -0.457 e. The molecule has 0 aliphatic rings. The quantitative estimate of drug-likeness (QED) is 0.185. The molecule has 5 rings (SSSR count). The number of nitrogens with one attached hydrogen (secondary N) is 2. The van der Waals surface area contributed by atoms with Gasteiger partial charge in [0.25, 0.3) is 0 Å². The number of furan rings is 1. The number of rotatable bonds is 5. The minimum atomic E-state index is -0.414. The van der Waals surface area contributed by atoms with E-state index in [1.165, 1.54) is 12.2 Å². The van der Waals surface area contributed by atoms with Crippen molar-refractivity contribution in [2.24, 2.45) is 0 Å². The van der Waals surface area contributed by atoms with Crippen molar-refractivity contribution in [3.05, 3.63) is 100 Å². The Hall–Kier alpha value is -3.98. The van der Waals surface area contributed by atoms with Gasteiger partial charge in [0.05, 0.1) is 15.7 Å². The van der Waals surface area contributed by atoms with E-state index >= 15 is 0 Å². The topological polar surface area (TPSA) is 85.0 Å². The van der Waals surface area contributed by atoms with Crippen LogP contribution in [0.15, 0.2) is 83.3 Å². The summed E-state index contributed by atoms with van der Waals surface area (Å²) in [5.74, 6) is 0.601. The van der Waals surface area contributed by atoms with E-state index in [4.69, 9.17) is 39.8 Å². The zero-order valence-corrected chi connectivity index (χ0v) is 21.7. The number of carbonyl (C=O) groups is 1. The molecule has 0 atom stereocenters. The second kappa shape index (κ2) is 10.6. The third-order valence-corrected chi connectivity index (χ3v) is 6.41. The number of thiocarbonyl (C=S) groups is 1. The molecule has 2 heterocycles.